The van der Waals surface area contributed by atoms with Crippen LogP contribution in [0.15, 0.2) is 101 Å². The fourth-order valence-corrected chi connectivity index (χ4v) is 7.71. The van der Waals surface area contributed by atoms with Crippen LogP contribution in [0.2, 0.25) is 0 Å². The number of aryl methyl sites for hydroxylation is 1. The zero-order valence-electron chi connectivity index (χ0n) is 33.1. The molecule has 0 aliphatic heterocycles. The zero-order valence-corrected chi connectivity index (χ0v) is 34.8. The van der Waals surface area contributed by atoms with Gasteiger partial charge in [0.2, 0.25) is 11.8 Å². The Balaban J connectivity index is 1.45. The summed E-state index contributed by atoms with van der Waals surface area (Å²) in [6, 6.07) is 24.0. The third-order valence-corrected chi connectivity index (χ3v) is 11.5. The summed E-state index contributed by atoms with van der Waals surface area (Å²) in [6.45, 7) is 1.77. The largest absolute Gasteiger partial charge is 0.496 e. The van der Waals surface area contributed by atoms with E-state index in [1.807, 2.05) is 53.3 Å². The number of sulfonamides is 1. The van der Waals surface area contributed by atoms with Gasteiger partial charge < -0.3 is 29.3 Å². The maximum atomic E-state index is 13.4. The number of nitrogens with one attached hydrogen (secondary N) is 2. The quantitative estimate of drug-likeness (QED) is 0.0577. The number of benzene rings is 4. The third kappa shape index (κ3) is 13.0. The van der Waals surface area contributed by atoms with Crippen LogP contribution in [0, 0.1) is 10.1 Å². The van der Waals surface area contributed by atoms with Crippen molar-refractivity contribution >= 4 is 50.9 Å². The monoisotopic (exact) mass is 835 g/mol. The predicted molar refractivity (Wildman–Crippen MR) is 223 cm³/mol. The Morgan fingerprint density at radius 1 is 0.862 bits per heavy atom. The van der Waals surface area contributed by atoms with Crippen LogP contribution in [0.1, 0.15) is 28.8 Å². The second kappa shape index (κ2) is 21.9. The number of hydrogen-bond acceptors (Lipinski definition) is 12. The lowest BCUT2D eigenvalue weighted by molar-refractivity contribution is -0.384. The number of hydrogen-bond donors (Lipinski definition) is 2. The van der Waals surface area contributed by atoms with E-state index in [4.69, 9.17) is 14.2 Å². The van der Waals surface area contributed by atoms with Crippen molar-refractivity contribution in [1.29, 1.82) is 0 Å². The first-order valence-corrected chi connectivity index (χ1v) is 20.8. The Bertz CT molecular complexity index is 2130. The number of nitro benzene ring substituents is 1. The molecule has 0 saturated carbocycles. The molecule has 0 aromatic heterocycles. The standard InChI is InChI=1S/C41H49N5O10S2/c1-44(2)40(48)26-32(28-57-33-9-7-6-8-10-33)42-36-19-17-34(27-37(36)46(50)51)58(52,53)43-41(49)31-15-13-30(14-16-31)35-18-11-29(25-38(35)56-5)12-20-39(47)45(21-23-54-3)22-24-55-4/h6-11,13-19,25,27,32,42H,12,20-24,26,28H2,1-5H3,(H,43,49)/t32-/m1/s1. The summed E-state index contributed by atoms with van der Waals surface area (Å²) in [7, 11) is 3.38. The minimum absolute atomic E-state index is 0.0206. The van der Waals surface area contributed by atoms with Gasteiger partial charge in [-0.1, -0.05) is 42.5 Å². The first kappa shape index (κ1) is 45.2. The van der Waals surface area contributed by atoms with Gasteiger partial charge in [0.05, 0.1) is 30.1 Å². The molecule has 17 heteroatoms. The molecule has 0 unspecified atom stereocenters. The average Bonchev–Trinajstić information content (AvgIpc) is 3.22. The summed E-state index contributed by atoms with van der Waals surface area (Å²) in [5, 5.41) is 15.2. The molecule has 0 radical (unpaired) electrons. The molecule has 15 nitrogen and oxygen atoms in total. The van der Waals surface area contributed by atoms with Gasteiger partial charge in [0.1, 0.15) is 11.4 Å². The molecule has 2 N–H and O–H groups in total. The van der Waals surface area contributed by atoms with E-state index in [2.05, 4.69) is 5.32 Å². The highest BCUT2D eigenvalue weighted by molar-refractivity contribution is 7.99. The molecule has 4 rings (SSSR count). The summed E-state index contributed by atoms with van der Waals surface area (Å²) >= 11 is 1.47. The predicted octanol–water partition coefficient (Wildman–Crippen LogP) is 5.49. The molecule has 310 valence electrons. The number of thioether (sulfide) groups is 1. The molecule has 3 amide bonds. The van der Waals surface area contributed by atoms with Gasteiger partial charge in [-0.25, -0.2) is 13.1 Å². The third-order valence-electron chi connectivity index (χ3n) is 9.01. The first-order chi connectivity index (χ1) is 27.8. The fraction of sp³-hybridized carbons (Fsp3) is 0.341. The van der Waals surface area contributed by atoms with Gasteiger partial charge >= 0.3 is 0 Å². The van der Waals surface area contributed by atoms with Crippen molar-refractivity contribution in [2.75, 3.05) is 72.8 Å². The van der Waals surface area contributed by atoms with Crippen LogP contribution in [-0.4, -0.2) is 114 Å². The van der Waals surface area contributed by atoms with Gasteiger partial charge in [0, 0.05) is 88.1 Å². The van der Waals surface area contributed by atoms with Gasteiger partial charge in [-0.05, 0) is 60.0 Å². The zero-order chi connectivity index (χ0) is 42.2. The average molecular weight is 836 g/mol. The summed E-state index contributed by atoms with van der Waals surface area (Å²) in [5.41, 5.74) is 1.81. The van der Waals surface area contributed by atoms with Crippen LogP contribution in [0.5, 0.6) is 5.75 Å². The van der Waals surface area contributed by atoms with E-state index < -0.39 is 37.5 Å². The van der Waals surface area contributed by atoms with E-state index in [0.29, 0.717) is 55.4 Å². The molecule has 4 aromatic carbocycles. The Kier molecular flexibility index (Phi) is 17.1. The van der Waals surface area contributed by atoms with Crippen molar-refractivity contribution < 1.29 is 41.9 Å². The molecule has 0 heterocycles. The molecule has 0 aliphatic rings. The van der Waals surface area contributed by atoms with Crippen molar-refractivity contribution in [1.82, 2.24) is 14.5 Å². The van der Waals surface area contributed by atoms with Crippen LogP contribution in [0.25, 0.3) is 11.1 Å². The summed E-state index contributed by atoms with van der Waals surface area (Å²) in [6.07, 6.45) is 0.795. The Labute approximate surface area is 343 Å². The maximum absolute atomic E-state index is 13.4. The van der Waals surface area contributed by atoms with Crippen LogP contribution in [-0.2, 0) is 35.5 Å². The van der Waals surface area contributed by atoms with Gasteiger partial charge in [0.15, 0.2) is 0 Å². The van der Waals surface area contributed by atoms with Crippen LogP contribution >= 0.6 is 11.8 Å². The second-order valence-electron chi connectivity index (χ2n) is 13.3. The minimum Gasteiger partial charge on any atom is -0.496 e. The number of rotatable bonds is 22. The molecule has 58 heavy (non-hydrogen) atoms. The first-order valence-electron chi connectivity index (χ1n) is 18.3. The Morgan fingerprint density at radius 2 is 1.53 bits per heavy atom. The Hall–Kier alpha value is -5.49. The van der Waals surface area contributed by atoms with Crippen LogP contribution in [0.4, 0.5) is 11.4 Å². The highest BCUT2D eigenvalue weighted by Gasteiger charge is 2.26. The SMILES string of the molecule is COCCN(CCOC)C(=O)CCc1ccc(-c2ccc(C(=O)NS(=O)(=O)c3ccc(N[C@@H](CSc4ccccc4)CC(=O)N(C)C)c([N+](=O)[O-])c3)cc2)c(OC)c1. The van der Waals surface area contributed by atoms with Crippen molar-refractivity contribution in [3.05, 3.63) is 112 Å². The van der Waals surface area contributed by atoms with Crippen molar-refractivity contribution in [3.63, 3.8) is 0 Å². The molecule has 4 aromatic rings. The number of carbonyl (C=O) groups excluding carboxylic acids is 3. The maximum Gasteiger partial charge on any atom is 0.293 e. The number of carbonyl (C=O) groups is 3. The number of amides is 3. The molecule has 0 saturated heterocycles. The highest BCUT2D eigenvalue weighted by Crippen LogP contribution is 2.33. The van der Waals surface area contributed by atoms with Gasteiger partial charge in [0.25, 0.3) is 21.6 Å². The van der Waals surface area contributed by atoms with E-state index in [1.165, 1.54) is 42.0 Å². The molecular formula is C41H49N5O10S2. The van der Waals surface area contributed by atoms with E-state index in [-0.39, 0.29) is 35.9 Å². The lowest BCUT2D eigenvalue weighted by Gasteiger charge is -2.22. The molecule has 0 fully saturated rings. The number of nitro groups is 1. The molecule has 0 aliphatic carbocycles. The number of nitrogens with zero attached hydrogens (tertiary/aromatic N) is 3. The van der Waals surface area contributed by atoms with Crippen molar-refractivity contribution in [2.45, 2.75) is 35.1 Å². The van der Waals surface area contributed by atoms with E-state index in [1.54, 1.807) is 45.3 Å². The van der Waals surface area contributed by atoms with Crippen LogP contribution in [0.3, 0.4) is 0 Å². The fourth-order valence-electron chi connectivity index (χ4n) is 5.77. The molecule has 1 atom stereocenters. The van der Waals surface area contributed by atoms with Crippen LogP contribution < -0.4 is 14.8 Å². The van der Waals surface area contributed by atoms with Gasteiger partial charge in [-0.2, -0.15) is 0 Å². The smallest absolute Gasteiger partial charge is 0.293 e. The Morgan fingerprint density at radius 3 is 2.14 bits per heavy atom. The summed E-state index contributed by atoms with van der Waals surface area (Å²) < 4.78 is 44.6. The second-order valence-corrected chi connectivity index (χ2v) is 16.1. The van der Waals surface area contributed by atoms with E-state index in [0.717, 1.165) is 22.6 Å². The van der Waals surface area contributed by atoms with Gasteiger partial charge in [-0.15, -0.1) is 11.8 Å². The van der Waals surface area contributed by atoms with Crippen molar-refractivity contribution in [2.24, 2.45) is 0 Å². The molecule has 0 bridgehead atoms. The minimum atomic E-state index is -4.55. The highest BCUT2D eigenvalue weighted by atomic mass is 32.2. The van der Waals surface area contributed by atoms with Crippen molar-refractivity contribution in [3.8, 4) is 16.9 Å². The summed E-state index contributed by atoms with van der Waals surface area (Å²) in [5.74, 6) is -0.214. The number of anilines is 1. The lowest BCUT2D eigenvalue weighted by Crippen LogP contribution is -2.36. The van der Waals surface area contributed by atoms with E-state index in [9.17, 15) is 32.9 Å². The van der Waals surface area contributed by atoms with Gasteiger partial charge in [-0.3, -0.25) is 24.5 Å². The number of methoxy groups -OCH3 is 3. The lowest BCUT2D eigenvalue weighted by atomic mass is 9.99. The normalized spacial score (nSPS) is 11.7. The molecule has 0 spiro atoms. The number of ether oxygens (including phenoxy) is 3. The molecular weight excluding hydrogens is 787 g/mol. The topological polar surface area (TPSA) is 187 Å². The van der Waals surface area contributed by atoms with E-state index >= 15 is 0 Å². The summed E-state index contributed by atoms with van der Waals surface area (Å²) in [4.78, 5) is 53.7.